The number of imidazole rings is 2. The van der Waals surface area contributed by atoms with Gasteiger partial charge in [-0.2, -0.15) is 13.2 Å². The van der Waals surface area contributed by atoms with E-state index in [4.69, 9.17) is 37.4 Å². The minimum atomic E-state index is -4.69. The molecule has 0 saturated heterocycles. The highest BCUT2D eigenvalue weighted by Gasteiger charge is 2.35. The van der Waals surface area contributed by atoms with E-state index in [1.54, 1.807) is 51.5 Å². The number of H-pyrrole nitrogens is 2. The van der Waals surface area contributed by atoms with Crippen LogP contribution < -0.4 is 18.9 Å². The van der Waals surface area contributed by atoms with E-state index in [2.05, 4.69) is 170 Å². The maximum atomic E-state index is 12.7. The summed E-state index contributed by atoms with van der Waals surface area (Å²) in [5, 5.41) is 1.57. The first kappa shape index (κ1) is 112. The molecule has 742 valence electrons. The molecular weight excluding hydrogens is 1850 g/mol. The van der Waals surface area contributed by atoms with E-state index in [0.717, 1.165) is 197 Å². The number of ether oxygens (including phenoxy) is 4. The van der Waals surface area contributed by atoms with Gasteiger partial charge in [0.2, 0.25) is 0 Å². The van der Waals surface area contributed by atoms with Gasteiger partial charge in [0, 0.05) is 181 Å². The van der Waals surface area contributed by atoms with Crippen LogP contribution in [0.5, 0.6) is 23.0 Å². The second kappa shape index (κ2) is 54.9. The molecule has 0 saturated carbocycles. The lowest BCUT2D eigenvalue weighted by Crippen LogP contribution is -2.17. The number of hydrogen-bond donors (Lipinski definition) is 2. The molecule has 0 radical (unpaired) electrons. The molecular formula is C119H126Cl2F6N12O4. The number of hydrogen-bond acceptors (Lipinski definition) is 14. The minimum absolute atomic E-state index is 0. The van der Waals surface area contributed by atoms with Crippen molar-refractivity contribution in [2.75, 3.05) is 20.8 Å². The number of aliphatic imine (C=N–C) groups is 8. The van der Waals surface area contributed by atoms with Crippen molar-refractivity contribution in [3.05, 3.63) is 392 Å². The average molecular weight is 1970 g/mol. The predicted molar refractivity (Wildman–Crippen MR) is 588 cm³/mol. The van der Waals surface area contributed by atoms with E-state index in [1.807, 2.05) is 227 Å². The van der Waals surface area contributed by atoms with E-state index in [9.17, 15) is 26.3 Å². The highest BCUT2D eigenvalue weighted by molar-refractivity contribution is 6.31. The van der Waals surface area contributed by atoms with Crippen molar-refractivity contribution in [1.29, 1.82) is 0 Å². The van der Waals surface area contributed by atoms with Crippen LogP contribution in [-0.4, -0.2) is 92.8 Å². The maximum Gasteiger partial charge on any atom is 0.573 e. The van der Waals surface area contributed by atoms with Gasteiger partial charge in [0.1, 0.15) is 34.6 Å². The molecule has 0 amide bonds. The average Bonchev–Trinajstić information content (AvgIpc) is 1.80. The van der Waals surface area contributed by atoms with E-state index in [-0.39, 0.29) is 26.2 Å². The first-order valence-corrected chi connectivity index (χ1v) is 47.1. The zero-order valence-corrected chi connectivity index (χ0v) is 83.9. The number of methoxy groups -OCH3 is 2. The summed E-state index contributed by atoms with van der Waals surface area (Å²) in [6, 6.07) is 75.9. The molecule has 8 aliphatic rings. The Hall–Kier alpha value is -14.7. The Morgan fingerprint density at radius 2 is 0.657 bits per heavy atom. The van der Waals surface area contributed by atoms with Crippen LogP contribution in [0.25, 0.3) is 68.4 Å². The number of aromatic nitrogens is 4. The zero-order valence-electron chi connectivity index (χ0n) is 82.4. The van der Waals surface area contributed by atoms with Crippen LogP contribution in [0, 0.1) is 34.6 Å². The molecule has 8 aliphatic heterocycles. The first-order chi connectivity index (χ1) is 67.7. The van der Waals surface area contributed by atoms with Crippen LogP contribution in [-0.2, 0) is 6.18 Å². The summed E-state index contributed by atoms with van der Waals surface area (Å²) in [7, 11) is 3.36. The van der Waals surface area contributed by atoms with Crippen molar-refractivity contribution in [2.45, 2.75) is 176 Å². The van der Waals surface area contributed by atoms with Gasteiger partial charge >= 0.3 is 12.5 Å². The van der Waals surface area contributed by atoms with Gasteiger partial charge in [-0.3, -0.25) is 39.9 Å². The quantitative estimate of drug-likeness (QED) is 0.0959. The zero-order chi connectivity index (χ0) is 101. The fraction of sp³-hybridized carbons (Fsp3) is 0.244. The molecule has 12 aromatic rings. The second-order valence-electron chi connectivity index (χ2n) is 33.8. The highest BCUT2D eigenvalue weighted by atomic mass is 35.5. The molecule has 16 nitrogen and oxygen atoms in total. The van der Waals surface area contributed by atoms with Gasteiger partial charge in [0.05, 0.1) is 72.0 Å². The van der Waals surface area contributed by atoms with Crippen LogP contribution in [0.4, 0.5) is 26.3 Å². The number of aryl methyl sites for hydroxylation is 3. The Kier molecular flexibility index (Phi) is 42.9. The first-order valence-electron chi connectivity index (χ1n) is 46.4. The SMILES string of the molecule is C.C.CC1=NC(c2cccc(Cl)c2)=CC1.CC1=NC(c2cccc(Cl)c2C)=CC1.CC1=NC(c2ccccc2)=CC1.CC1=NC(c2ccccc2C(F)(F)F)=CC1.CC1=NC(c2ccccc2OC(F)(F)F)=CC1.CCOc1ccccc1C1=CCC(C)=N1.COc1cccc(C2=CCC(C)=N2)c1.COc1ccccc1C1=CCC(C)=N1.Cc1cnc(-c2cccc(C)c2C)[nH]1.Cc1cnc(-c2ccccc2)[nH]1. The largest absolute Gasteiger partial charge is 0.573 e. The van der Waals surface area contributed by atoms with Crippen LogP contribution in [0.1, 0.15) is 207 Å². The summed E-state index contributed by atoms with van der Waals surface area (Å²) in [4.78, 5) is 50.0. The van der Waals surface area contributed by atoms with Crippen molar-refractivity contribution in [3.8, 4) is 45.8 Å². The van der Waals surface area contributed by atoms with Gasteiger partial charge in [0.15, 0.2) is 0 Å². The molecule has 0 atom stereocenters. The lowest BCUT2D eigenvalue weighted by Gasteiger charge is -2.12. The molecule has 0 spiro atoms. The van der Waals surface area contributed by atoms with Gasteiger partial charge in [-0.25, -0.2) is 9.97 Å². The van der Waals surface area contributed by atoms with Crippen molar-refractivity contribution in [3.63, 3.8) is 0 Å². The Labute approximate surface area is 848 Å². The van der Waals surface area contributed by atoms with Crippen molar-refractivity contribution in [1.82, 2.24) is 19.9 Å². The summed E-state index contributed by atoms with van der Waals surface area (Å²) in [5.74, 6) is 4.37. The second-order valence-corrected chi connectivity index (χ2v) is 34.6. The third-order valence-electron chi connectivity index (χ3n) is 22.4. The molecule has 2 aromatic heterocycles. The van der Waals surface area contributed by atoms with Crippen molar-refractivity contribution in [2.24, 2.45) is 39.9 Å². The molecule has 20 rings (SSSR count). The van der Waals surface area contributed by atoms with E-state index in [1.165, 1.54) is 63.7 Å². The molecule has 0 aliphatic carbocycles. The van der Waals surface area contributed by atoms with Crippen molar-refractivity contribution < 1.29 is 45.3 Å². The van der Waals surface area contributed by atoms with Gasteiger partial charge in [-0.05, 0) is 192 Å². The standard InChI is InChI=1S/C13H15NO.C12H12ClN.C12H10F3NO.C12H10F3N.C12H14N2.2C12H13NO.C11H10ClN.C11H11N.C10H10N2.2CH4/c1-3-15-13-7-5-4-6-11(13)12-9-8-10(2)14-12;1-8-6-7-12(14-8)10-4-3-5-11(13)9(10)2;1-8-6-7-10(16-8)9-4-2-3-5-11(9)17-12(13,14)15;1-8-6-7-11(16-8)9-4-2-3-5-10(9)12(13,14)15;1-8-5-4-6-11(10(8)3)12-13-7-9(2)14-12;1-9-6-7-12(13-9)10-4-3-5-11(8-10)14-2;1-9-7-8-11(13-9)10-5-3-4-6-12(10)14-2;1-8-5-6-11(13-8)9-3-2-4-10(12)7-9;1-9-7-8-11(12-9)10-5-3-2-4-6-10;1-8-7-11-10(12-8)9-5-3-2-4-6-9;;/h4-7,9H,3,8H2,1-2H3;3-5,7H,6H2,1-2H3;2-5,7H,6H2,1H3;2-5,7H,6H2,1H3;4-7H,1-3H3,(H,13,14);3-5,7-8H,6H2,1-2H3;3-6,8H,7H2,1-2H3;2-4,6-7H,5H2,1H3;2-6,8H,7H2,1H3;2-7H,1H3,(H,11,12);2*1H4. The number of para-hydroxylation sites is 3. The normalized spacial score (nSPS) is 14.2. The molecule has 10 aromatic carbocycles. The lowest BCUT2D eigenvalue weighted by atomic mass is 10.0. The summed E-state index contributed by atoms with van der Waals surface area (Å²) in [6.45, 7) is 28.9. The molecule has 0 unspecified atom stereocenters. The van der Waals surface area contributed by atoms with Gasteiger partial charge in [0.25, 0.3) is 0 Å². The van der Waals surface area contributed by atoms with Crippen molar-refractivity contribution >= 4 is 114 Å². The number of benzene rings is 10. The van der Waals surface area contributed by atoms with Gasteiger partial charge in [-0.15, -0.1) is 13.2 Å². The molecule has 0 bridgehead atoms. The third kappa shape index (κ3) is 34.3. The van der Waals surface area contributed by atoms with Crippen LogP contribution in [0.15, 0.2) is 344 Å². The summed E-state index contributed by atoms with van der Waals surface area (Å²) in [5.41, 5.74) is 30.9. The Bertz CT molecular complexity index is 6890. The molecule has 2 N–H and O–H groups in total. The molecule has 0 fully saturated rings. The predicted octanol–water partition coefficient (Wildman–Crippen LogP) is 33.7. The molecule has 143 heavy (non-hydrogen) atoms. The number of nitrogens with one attached hydrogen (secondary N) is 2. The van der Waals surface area contributed by atoms with Gasteiger partial charge in [-0.1, -0.05) is 257 Å². The Morgan fingerprint density at radius 1 is 0.315 bits per heavy atom. The van der Waals surface area contributed by atoms with Gasteiger partial charge < -0.3 is 28.9 Å². The van der Waals surface area contributed by atoms with Crippen LogP contribution in [0.2, 0.25) is 10.0 Å². The fourth-order valence-electron chi connectivity index (χ4n) is 15.0. The smallest absolute Gasteiger partial charge is 0.497 e. The highest BCUT2D eigenvalue weighted by Crippen LogP contribution is 2.40. The number of alkyl halides is 6. The summed E-state index contributed by atoms with van der Waals surface area (Å²) >= 11 is 11.9. The monoisotopic (exact) mass is 1970 g/mol. The Balaban J connectivity index is 0.000000177. The topological polar surface area (TPSA) is 193 Å². The minimum Gasteiger partial charge on any atom is -0.497 e. The summed E-state index contributed by atoms with van der Waals surface area (Å²) < 4.78 is 94.8. The molecule has 10 heterocycles. The number of nitrogens with zero attached hydrogens (tertiary/aromatic N) is 10. The number of aromatic amines is 2. The fourth-order valence-corrected chi connectivity index (χ4v) is 15.4. The maximum absolute atomic E-state index is 12.7. The molecule has 24 heteroatoms. The number of rotatable bonds is 15. The van der Waals surface area contributed by atoms with E-state index >= 15 is 0 Å². The number of halogens is 8. The van der Waals surface area contributed by atoms with E-state index < -0.39 is 18.1 Å². The number of allylic oxidation sites excluding steroid dienone is 8. The van der Waals surface area contributed by atoms with Crippen LogP contribution in [0.3, 0.4) is 0 Å². The lowest BCUT2D eigenvalue weighted by molar-refractivity contribution is -0.274. The van der Waals surface area contributed by atoms with E-state index in [0.29, 0.717) is 36.4 Å². The Morgan fingerprint density at radius 3 is 1.08 bits per heavy atom. The summed E-state index contributed by atoms with van der Waals surface area (Å²) in [6.07, 6.45) is 18.1. The third-order valence-corrected chi connectivity index (χ3v) is 23.0. The van der Waals surface area contributed by atoms with Crippen LogP contribution >= 0.6 is 23.2 Å².